The van der Waals surface area contributed by atoms with Gasteiger partial charge in [-0.2, -0.15) is 18.2 Å². The first-order chi connectivity index (χ1) is 8.77. The molecule has 0 amide bonds. The van der Waals surface area contributed by atoms with Crippen LogP contribution < -0.4 is 5.69 Å². The van der Waals surface area contributed by atoms with Gasteiger partial charge in [-0.25, -0.2) is 4.79 Å². The van der Waals surface area contributed by atoms with E-state index in [0.717, 1.165) is 12.1 Å². The van der Waals surface area contributed by atoms with Gasteiger partial charge in [0.2, 0.25) is 0 Å². The zero-order chi connectivity index (χ0) is 14.2. The minimum absolute atomic E-state index is 0.368. The van der Waals surface area contributed by atoms with E-state index >= 15 is 0 Å². The van der Waals surface area contributed by atoms with Gasteiger partial charge in [0, 0.05) is 11.3 Å². The smallest absolute Gasteiger partial charge is 0.310 e. The van der Waals surface area contributed by atoms with E-state index in [9.17, 15) is 18.0 Å². The number of hydrogen-bond donors (Lipinski definition) is 1. The number of H-pyrrole nitrogens is 1. The number of alkyl halides is 3. The molecule has 0 saturated carbocycles. The zero-order valence-corrected chi connectivity index (χ0v) is 10.3. The Bertz CT molecular complexity index is 674. The summed E-state index contributed by atoms with van der Waals surface area (Å²) in [7, 11) is 0. The van der Waals surface area contributed by atoms with Crippen molar-refractivity contribution >= 4 is 0 Å². The molecule has 0 spiro atoms. The number of halogens is 3. The second-order valence-corrected chi connectivity index (χ2v) is 4.28. The molecule has 6 heteroatoms. The summed E-state index contributed by atoms with van der Waals surface area (Å²) in [6, 6.07) is 4.99. The van der Waals surface area contributed by atoms with Crippen LogP contribution in [-0.2, 0) is 6.18 Å². The van der Waals surface area contributed by atoms with Gasteiger partial charge in [-0.05, 0) is 37.6 Å². The second-order valence-electron chi connectivity index (χ2n) is 4.28. The average molecular weight is 268 g/mol. The van der Waals surface area contributed by atoms with Gasteiger partial charge >= 0.3 is 11.9 Å². The van der Waals surface area contributed by atoms with E-state index in [1.54, 1.807) is 19.9 Å². The first kappa shape index (κ1) is 13.3. The SMILES string of the molecule is Cc1cc(-c2ccc(C(F)(F)F)cc2C)nc(=O)[nH]1. The number of rotatable bonds is 1. The lowest BCUT2D eigenvalue weighted by atomic mass is 10.0. The average Bonchev–Trinajstić information content (AvgIpc) is 2.26. The van der Waals surface area contributed by atoms with Crippen LogP contribution in [0, 0.1) is 13.8 Å². The first-order valence-corrected chi connectivity index (χ1v) is 5.53. The number of benzene rings is 1. The predicted molar refractivity (Wildman–Crippen MR) is 64.8 cm³/mol. The van der Waals surface area contributed by atoms with E-state index in [1.807, 2.05) is 0 Å². The minimum Gasteiger partial charge on any atom is -0.310 e. The highest BCUT2D eigenvalue weighted by molar-refractivity contribution is 5.64. The maximum absolute atomic E-state index is 12.6. The minimum atomic E-state index is -4.37. The Morgan fingerprint density at radius 1 is 1.16 bits per heavy atom. The van der Waals surface area contributed by atoms with Crippen LogP contribution in [0.5, 0.6) is 0 Å². The van der Waals surface area contributed by atoms with Gasteiger partial charge < -0.3 is 4.98 Å². The molecule has 0 radical (unpaired) electrons. The van der Waals surface area contributed by atoms with Crippen LogP contribution in [0.1, 0.15) is 16.8 Å². The summed E-state index contributed by atoms with van der Waals surface area (Å²) in [6.07, 6.45) is -4.37. The van der Waals surface area contributed by atoms with Crippen LogP contribution >= 0.6 is 0 Å². The van der Waals surface area contributed by atoms with Crippen molar-refractivity contribution in [3.63, 3.8) is 0 Å². The van der Waals surface area contributed by atoms with Crippen LogP contribution in [-0.4, -0.2) is 9.97 Å². The van der Waals surface area contributed by atoms with Gasteiger partial charge in [-0.3, -0.25) is 0 Å². The Balaban J connectivity index is 2.55. The molecule has 100 valence electrons. The molecule has 0 saturated heterocycles. The third-order valence-electron chi connectivity index (χ3n) is 2.71. The van der Waals surface area contributed by atoms with Crippen LogP contribution in [0.2, 0.25) is 0 Å². The standard InChI is InChI=1S/C13H11F3N2O/c1-7-5-9(13(14,15)16)3-4-10(7)11-6-8(2)17-12(19)18-11/h3-6H,1-2H3,(H,17,18,19). The van der Waals surface area contributed by atoms with Crippen molar-refractivity contribution in [2.45, 2.75) is 20.0 Å². The quantitative estimate of drug-likeness (QED) is 0.863. The number of nitrogens with zero attached hydrogens (tertiary/aromatic N) is 1. The van der Waals surface area contributed by atoms with E-state index in [1.165, 1.54) is 6.07 Å². The Morgan fingerprint density at radius 3 is 2.37 bits per heavy atom. The molecule has 0 fully saturated rings. The third-order valence-corrected chi connectivity index (χ3v) is 2.71. The molecule has 1 aromatic carbocycles. The fourth-order valence-corrected chi connectivity index (χ4v) is 1.84. The molecule has 0 aliphatic heterocycles. The number of aryl methyl sites for hydroxylation is 2. The van der Waals surface area contributed by atoms with Crippen molar-refractivity contribution in [3.8, 4) is 11.3 Å². The van der Waals surface area contributed by atoms with Gasteiger partial charge in [0.05, 0.1) is 11.3 Å². The third kappa shape index (κ3) is 2.83. The molecule has 3 nitrogen and oxygen atoms in total. The summed E-state index contributed by atoms with van der Waals surface area (Å²) >= 11 is 0. The van der Waals surface area contributed by atoms with Gasteiger partial charge in [-0.15, -0.1) is 0 Å². The molecule has 0 aliphatic rings. The van der Waals surface area contributed by atoms with Gasteiger partial charge in [0.25, 0.3) is 0 Å². The normalized spacial score (nSPS) is 11.6. The summed E-state index contributed by atoms with van der Waals surface area (Å²) < 4.78 is 37.7. The Hall–Kier alpha value is -2.11. The summed E-state index contributed by atoms with van der Waals surface area (Å²) in [4.78, 5) is 17.5. The van der Waals surface area contributed by atoms with Gasteiger partial charge in [-0.1, -0.05) is 6.07 Å². The fourth-order valence-electron chi connectivity index (χ4n) is 1.84. The van der Waals surface area contributed by atoms with E-state index in [-0.39, 0.29) is 0 Å². The largest absolute Gasteiger partial charge is 0.416 e. The molecule has 2 rings (SSSR count). The molecule has 0 unspecified atom stereocenters. The lowest BCUT2D eigenvalue weighted by Crippen LogP contribution is -2.12. The van der Waals surface area contributed by atoms with Crippen molar-refractivity contribution in [1.82, 2.24) is 9.97 Å². The lowest BCUT2D eigenvalue weighted by molar-refractivity contribution is -0.137. The van der Waals surface area contributed by atoms with E-state index in [4.69, 9.17) is 0 Å². The molecular formula is C13H11F3N2O. The van der Waals surface area contributed by atoms with Crippen molar-refractivity contribution in [2.24, 2.45) is 0 Å². The summed E-state index contributed by atoms with van der Waals surface area (Å²) in [5, 5.41) is 0. The van der Waals surface area contributed by atoms with Crippen molar-refractivity contribution in [3.05, 3.63) is 51.6 Å². The van der Waals surface area contributed by atoms with Crippen molar-refractivity contribution in [2.75, 3.05) is 0 Å². The monoisotopic (exact) mass is 268 g/mol. The number of hydrogen-bond acceptors (Lipinski definition) is 2. The molecule has 1 N–H and O–H groups in total. The van der Waals surface area contributed by atoms with Gasteiger partial charge in [0.15, 0.2) is 0 Å². The molecule has 1 heterocycles. The van der Waals surface area contributed by atoms with E-state index < -0.39 is 17.4 Å². The van der Waals surface area contributed by atoms with Gasteiger partial charge in [0.1, 0.15) is 0 Å². The van der Waals surface area contributed by atoms with Crippen LogP contribution in [0.15, 0.2) is 29.1 Å². The number of aromatic nitrogens is 2. The van der Waals surface area contributed by atoms with Crippen LogP contribution in [0.4, 0.5) is 13.2 Å². The molecule has 0 atom stereocenters. The van der Waals surface area contributed by atoms with E-state index in [2.05, 4.69) is 9.97 Å². The molecule has 1 aromatic heterocycles. The first-order valence-electron chi connectivity index (χ1n) is 5.53. The predicted octanol–water partition coefficient (Wildman–Crippen LogP) is 3.07. The number of nitrogens with one attached hydrogen (secondary N) is 1. The van der Waals surface area contributed by atoms with E-state index in [0.29, 0.717) is 22.5 Å². The fraction of sp³-hybridized carbons (Fsp3) is 0.231. The maximum Gasteiger partial charge on any atom is 0.416 e. The summed E-state index contributed by atoms with van der Waals surface area (Å²) in [6.45, 7) is 3.24. The summed E-state index contributed by atoms with van der Waals surface area (Å²) in [5.74, 6) is 0. The van der Waals surface area contributed by atoms with Crippen molar-refractivity contribution in [1.29, 1.82) is 0 Å². The molecule has 0 bridgehead atoms. The topological polar surface area (TPSA) is 45.8 Å². The molecule has 2 aromatic rings. The zero-order valence-electron chi connectivity index (χ0n) is 10.3. The summed E-state index contributed by atoms with van der Waals surface area (Å²) in [5.41, 5.74) is 0.681. The Labute approximate surface area is 107 Å². The molecular weight excluding hydrogens is 257 g/mol. The van der Waals surface area contributed by atoms with Crippen LogP contribution in [0.25, 0.3) is 11.3 Å². The second kappa shape index (κ2) is 4.53. The Morgan fingerprint density at radius 2 is 1.84 bits per heavy atom. The highest BCUT2D eigenvalue weighted by Crippen LogP contribution is 2.32. The molecule has 0 aliphatic carbocycles. The number of aromatic amines is 1. The molecule has 19 heavy (non-hydrogen) atoms. The highest BCUT2D eigenvalue weighted by Gasteiger charge is 2.30. The lowest BCUT2D eigenvalue weighted by Gasteiger charge is -2.10. The van der Waals surface area contributed by atoms with Crippen molar-refractivity contribution < 1.29 is 13.2 Å². The highest BCUT2D eigenvalue weighted by atomic mass is 19.4. The van der Waals surface area contributed by atoms with Crippen LogP contribution in [0.3, 0.4) is 0 Å². The maximum atomic E-state index is 12.6. The Kier molecular flexibility index (Phi) is 3.18.